The summed E-state index contributed by atoms with van der Waals surface area (Å²) in [4.78, 5) is 24.2. The van der Waals surface area contributed by atoms with Crippen molar-refractivity contribution in [1.29, 1.82) is 0 Å². The Balaban J connectivity index is 1.30. The van der Waals surface area contributed by atoms with Gasteiger partial charge in [-0.15, -0.1) is 0 Å². The number of anilines is 2. The van der Waals surface area contributed by atoms with Crippen molar-refractivity contribution in [3.8, 4) is 17.2 Å². The van der Waals surface area contributed by atoms with E-state index in [0.717, 1.165) is 8.95 Å². The first kappa shape index (κ1) is 30.4. The van der Waals surface area contributed by atoms with Crippen LogP contribution in [0, 0.1) is 0 Å². The summed E-state index contributed by atoms with van der Waals surface area (Å²) in [6.45, 7) is -0.483. The van der Waals surface area contributed by atoms with Crippen LogP contribution in [0.25, 0.3) is 0 Å². The molecule has 0 saturated carbocycles. The van der Waals surface area contributed by atoms with Crippen LogP contribution in [0.3, 0.4) is 0 Å². The molecule has 0 aromatic heterocycles. The lowest BCUT2D eigenvalue weighted by Crippen LogP contribution is -2.20. The van der Waals surface area contributed by atoms with E-state index in [0.29, 0.717) is 17.2 Å². The van der Waals surface area contributed by atoms with Gasteiger partial charge in [0.05, 0.1) is 10.7 Å². The van der Waals surface area contributed by atoms with Gasteiger partial charge in [-0.1, -0.05) is 55.6 Å². The van der Waals surface area contributed by atoms with Gasteiger partial charge in [-0.05, 0) is 78.9 Å². The maximum absolute atomic E-state index is 12.8. The molecule has 0 heterocycles. The molecule has 0 atom stereocenters. The highest BCUT2D eigenvalue weighted by Crippen LogP contribution is 2.28. The van der Waals surface area contributed by atoms with Crippen molar-refractivity contribution in [3.05, 3.63) is 105 Å². The van der Waals surface area contributed by atoms with E-state index >= 15 is 0 Å². The van der Waals surface area contributed by atoms with Crippen LogP contribution in [0.1, 0.15) is 0 Å². The second-order valence-corrected chi connectivity index (χ2v) is 12.1. The van der Waals surface area contributed by atoms with Crippen molar-refractivity contribution in [3.63, 3.8) is 0 Å². The van der Waals surface area contributed by atoms with Gasteiger partial charge in [-0.3, -0.25) is 9.59 Å². The lowest BCUT2D eigenvalue weighted by molar-refractivity contribution is -0.118. The highest BCUT2D eigenvalue weighted by Gasteiger charge is 2.19. The standard InChI is InChI=1S/C28H21Br2ClN2O7S/c29-18-3-1-5-22(13-18)38-16-27(34)32-20-7-9-21(10-8-20)40-41(36,37)24-11-12-26(25(31)15-24)33-28(35)17-39-23-6-2-4-19(30)14-23/h1-15H,16-17H2,(H,32,34)(H,33,35). The van der Waals surface area contributed by atoms with Gasteiger partial charge in [0, 0.05) is 14.6 Å². The SMILES string of the molecule is O=C(COc1cccc(Br)c1)Nc1ccc(OS(=O)(=O)c2ccc(NC(=O)COc3cccc(Br)c3)c(Cl)c2)cc1. The molecule has 2 N–H and O–H groups in total. The predicted octanol–water partition coefficient (Wildman–Crippen LogP) is 6.67. The molecular formula is C28H21Br2ClN2O7S. The van der Waals surface area contributed by atoms with Crippen LogP contribution in [-0.2, 0) is 19.7 Å². The Labute approximate surface area is 258 Å². The average Bonchev–Trinajstić information content (AvgIpc) is 2.93. The zero-order chi connectivity index (χ0) is 29.4. The lowest BCUT2D eigenvalue weighted by atomic mass is 10.3. The van der Waals surface area contributed by atoms with E-state index in [1.807, 2.05) is 12.1 Å². The number of hydrogen-bond acceptors (Lipinski definition) is 7. The van der Waals surface area contributed by atoms with Gasteiger partial charge >= 0.3 is 10.1 Å². The van der Waals surface area contributed by atoms with E-state index in [9.17, 15) is 18.0 Å². The van der Waals surface area contributed by atoms with Gasteiger partial charge in [0.1, 0.15) is 22.1 Å². The molecule has 0 fully saturated rings. The molecule has 0 aliphatic carbocycles. The van der Waals surface area contributed by atoms with Crippen molar-refractivity contribution >= 4 is 76.8 Å². The van der Waals surface area contributed by atoms with E-state index in [-0.39, 0.29) is 34.6 Å². The minimum atomic E-state index is -4.25. The smallest absolute Gasteiger partial charge is 0.339 e. The molecule has 0 spiro atoms. The summed E-state index contributed by atoms with van der Waals surface area (Å²) in [6, 6.07) is 23.6. The molecule has 9 nitrogen and oxygen atoms in total. The van der Waals surface area contributed by atoms with Gasteiger partial charge in [0.25, 0.3) is 11.8 Å². The van der Waals surface area contributed by atoms with Crippen molar-refractivity contribution < 1.29 is 31.7 Å². The van der Waals surface area contributed by atoms with Gasteiger partial charge in [-0.25, -0.2) is 0 Å². The quantitative estimate of drug-likeness (QED) is 0.166. The molecular weight excluding hydrogens is 704 g/mol. The van der Waals surface area contributed by atoms with Gasteiger partial charge < -0.3 is 24.3 Å². The number of amides is 2. The number of carbonyl (C=O) groups is 2. The number of hydrogen-bond donors (Lipinski definition) is 2. The van der Waals surface area contributed by atoms with Crippen molar-refractivity contribution in [2.45, 2.75) is 4.90 Å². The van der Waals surface area contributed by atoms with Crippen LogP contribution in [0.5, 0.6) is 17.2 Å². The summed E-state index contributed by atoms with van der Waals surface area (Å²) >= 11 is 12.9. The summed E-state index contributed by atoms with van der Waals surface area (Å²) in [5.41, 5.74) is 0.627. The first-order valence-corrected chi connectivity index (χ1v) is 15.2. The molecule has 0 aliphatic heterocycles. The number of ether oxygens (including phenoxy) is 2. The van der Waals surface area contributed by atoms with Gasteiger partial charge in [0.15, 0.2) is 13.2 Å². The Hall–Kier alpha value is -3.58. The number of benzene rings is 4. The Morgan fingerprint density at radius 3 is 1.80 bits per heavy atom. The van der Waals surface area contributed by atoms with E-state index in [1.165, 1.54) is 42.5 Å². The highest BCUT2D eigenvalue weighted by molar-refractivity contribution is 9.10. The predicted molar refractivity (Wildman–Crippen MR) is 162 cm³/mol. The molecule has 0 aliphatic rings. The van der Waals surface area contributed by atoms with Crippen LogP contribution in [-0.4, -0.2) is 33.4 Å². The Morgan fingerprint density at radius 1 is 0.707 bits per heavy atom. The Bertz CT molecular complexity index is 1670. The number of nitrogens with one attached hydrogen (secondary N) is 2. The molecule has 0 bridgehead atoms. The summed E-state index contributed by atoms with van der Waals surface area (Å²) in [5, 5.41) is 5.23. The Kier molecular flexibility index (Phi) is 10.3. The fourth-order valence-corrected chi connectivity index (χ4v) is 5.32. The summed E-state index contributed by atoms with van der Waals surface area (Å²) < 4.78 is 43.3. The van der Waals surface area contributed by atoms with Crippen LogP contribution in [0.4, 0.5) is 11.4 Å². The van der Waals surface area contributed by atoms with Crippen LogP contribution >= 0.6 is 43.5 Å². The zero-order valence-corrected chi connectivity index (χ0v) is 25.7. The molecule has 41 heavy (non-hydrogen) atoms. The largest absolute Gasteiger partial charge is 0.484 e. The molecule has 2 amide bonds. The molecule has 13 heteroatoms. The lowest BCUT2D eigenvalue weighted by Gasteiger charge is -2.12. The number of rotatable bonds is 11. The van der Waals surface area contributed by atoms with Crippen LogP contribution in [0.2, 0.25) is 5.02 Å². The monoisotopic (exact) mass is 722 g/mol. The molecule has 4 aromatic rings. The summed E-state index contributed by atoms with van der Waals surface area (Å²) in [7, 11) is -4.25. The fraction of sp³-hybridized carbons (Fsp3) is 0.0714. The number of halogens is 3. The molecule has 4 rings (SSSR count). The average molecular weight is 725 g/mol. The third-order valence-electron chi connectivity index (χ3n) is 5.18. The van der Waals surface area contributed by atoms with E-state index in [4.69, 9.17) is 25.3 Å². The number of carbonyl (C=O) groups excluding carboxylic acids is 2. The summed E-state index contributed by atoms with van der Waals surface area (Å²) in [5.74, 6) is 0.176. The fourth-order valence-electron chi connectivity index (χ4n) is 3.32. The van der Waals surface area contributed by atoms with E-state index in [2.05, 4.69) is 42.5 Å². The maximum atomic E-state index is 12.8. The van der Waals surface area contributed by atoms with Crippen LogP contribution in [0.15, 0.2) is 105 Å². The zero-order valence-electron chi connectivity index (χ0n) is 21.0. The third kappa shape index (κ3) is 9.22. The maximum Gasteiger partial charge on any atom is 0.339 e. The first-order valence-electron chi connectivity index (χ1n) is 11.8. The van der Waals surface area contributed by atoms with Gasteiger partial charge in [-0.2, -0.15) is 8.42 Å². The Morgan fingerprint density at radius 2 is 1.27 bits per heavy atom. The van der Waals surface area contributed by atoms with Crippen LogP contribution < -0.4 is 24.3 Å². The van der Waals surface area contributed by atoms with Crippen molar-refractivity contribution in [2.75, 3.05) is 23.8 Å². The van der Waals surface area contributed by atoms with Gasteiger partial charge in [0.2, 0.25) is 0 Å². The normalized spacial score (nSPS) is 10.9. The minimum absolute atomic E-state index is 0.00591. The minimum Gasteiger partial charge on any atom is -0.484 e. The van der Waals surface area contributed by atoms with Crippen molar-refractivity contribution in [1.82, 2.24) is 0 Å². The molecule has 212 valence electrons. The van der Waals surface area contributed by atoms with E-state index < -0.39 is 21.9 Å². The second kappa shape index (κ2) is 13.9. The summed E-state index contributed by atoms with van der Waals surface area (Å²) in [6.07, 6.45) is 0. The van der Waals surface area contributed by atoms with E-state index in [1.54, 1.807) is 36.4 Å². The topological polar surface area (TPSA) is 120 Å². The molecule has 0 radical (unpaired) electrons. The first-order chi connectivity index (χ1) is 19.6. The molecule has 0 unspecified atom stereocenters. The second-order valence-electron chi connectivity index (χ2n) is 8.29. The molecule has 0 saturated heterocycles. The van der Waals surface area contributed by atoms with Crippen molar-refractivity contribution in [2.24, 2.45) is 0 Å². The third-order valence-corrected chi connectivity index (χ3v) is 7.72. The molecule has 4 aromatic carbocycles. The highest BCUT2D eigenvalue weighted by atomic mass is 79.9.